The predicted molar refractivity (Wildman–Crippen MR) is 83.9 cm³/mol. The van der Waals surface area contributed by atoms with Gasteiger partial charge in [-0.05, 0) is 36.5 Å². The van der Waals surface area contributed by atoms with Crippen molar-refractivity contribution in [2.24, 2.45) is 0 Å². The third-order valence-corrected chi connectivity index (χ3v) is 4.99. The lowest BCUT2D eigenvalue weighted by molar-refractivity contribution is 0.601. The van der Waals surface area contributed by atoms with Crippen LogP contribution in [0, 0.1) is 0 Å². The van der Waals surface area contributed by atoms with Crippen molar-refractivity contribution in [3.05, 3.63) is 41.6 Å². The zero-order valence-corrected chi connectivity index (χ0v) is 13.4. The maximum Gasteiger partial charge on any atom is 0.263 e. The van der Waals surface area contributed by atoms with Gasteiger partial charge >= 0.3 is 0 Å². The fourth-order valence-electron chi connectivity index (χ4n) is 2.00. The summed E-state index contributed by atoms with van der Waals surface area (Å²) >= 11 is 0. The topological polar surface area (TPSA) is 74.8 Å². The van der Waals surface area contributed by atoms with Crippen LogP contribution < -0.4 is 4.72 Å². The van der Waals surface area contributed by atoms with Gasteiger partial charge in [0.1, 0.15) is 0 Å². The molecule has 1 aromatic carbocycles. The Balaban J connectivity index is 2.19. The lowest BCUT2D eigenvalue weighted by Gasteiger charge is -2.10. The molecule has 0 aliphatic rings. The van der Waals surface area contributed by atoms with Gasteiger partial charge in [0.2, 0.25) is 0 Å². The summed E-state index contributed by atoms with van der Waals surface area (Å²) in [7, 11) is -3.59. The van der Waals surface area contributed by atoms with Gasteiger partial charge in [-0.3, -0.25) is 9.82 Å². The predicted octanol–water partition coefficient (Wildman–Crippen LogP) is 3.29. The highest BCUT2D eigenvalue weighted by Crippen LogP contribution is 2.21. The van der Waals surface area contributed by atoms with Crippen LogP contribution in [0.5, 0.6) is 0 Å². The highest BCUT2D eigenvalue weighted by Gasteiger charge is 2.16. The van der Waals surface area contributed by atoms with Crippen LogP contribution in [-0.4, -0.2) is 18.6 Å². The van der Waals surface area contributed by atoms with Crippen molar-refractivity contribution in [1.29, 1.82) is 0 Å². The number of rotatable bonds is 6. The van der Waals surface area contributed by atoms with E-state index in [0.717, 1.165) is 24.1 Å². The van der Waals surface area contributed by atoms with Crippen molar-refractivity contribution in [2.75, 3.05) is 4.72 Å². The molecule has 0 aliphatic heterocycles. The Morgan fingerprint density at radius 3 is 2.43 bits per heavy atom. The van der Waals surface area contributed by atoms with E-state index in [1.165, 1.54) is 0 Å². The molecular weight excluding hydrogens is 286 g/mol. The Morgan fingerprint density at radius 1 is 1.24 bits per heavy atom. The average molecular weight is 307 g/mol. The highest BCUT2D eigenvalue weighted by molar-refractivity contribution is 7.92. The van der Waals surface area contributed by atoms with Gasteiger partial charge in [-0.2, -0.15) is 5.10 Å². The zero-order valence-electron chi connectivity index (χ0n) is 12.6. The molecule has 0 saturated heterocycles. The van der Waals surface area contributed by atoms with E-state index in [4.69, 9.17) is 0 Å². The molecule has 0 amide bonds. The molecule has 0 spiro atoms. The van der Waals surface area contributed by atoms with Crippen molar-refractivity contribution >= 4 is 15.8 Å². The first kappa shape index (κ1) is 15.6. The van der Waals surface area contributed by atoms with Crippen LogP contribution in [0.4, 0.5) is 5.82 Å². The molecule has 0 bridgehead atoms. The molecule has 2 N–H and O–H groups in total. The first-order valence-corrected chi connectivity index (χ1v) is 8.61. The maximum atomic E-state index is 12.3. The van der Waals surface area contributed by atoms with Gasteiger partial charge < -0.3 is 0 Å². The molecule has 1 heterocycles. The molecule has 114 valence electrons. The number of benzene rings is 1. The summed E-state index contributed by atoms with van der Waals surface area (Å²) in [6.07, 6.45) is 1.80. The van der Waals surface area contributed by atoms with Crippen LogP contribution in [0.25, 0.3) is 0 Å². The number of nitrogens with zero attached hydrogens (tertiary/aromatic N) is 1. The number of H-pyrrole nitrogens is 1. The third kappa shape index (κ3) is 3.64. The first-order chi connectivity index (χ1) is 9.96. The maximum absolute atomic E-state index is 12.3. The number of aromatic amines is 1. The SMILES string of the molecule is CCc1cc(NS(=O)(=O)c2ccc(C(C)CC)cc2)n[nH]1. The van der Waals surface area contributed by atoms with Gasteiger partial charge in [-0.15, -0.1) is 0 Å². The number of nitrogens with one attached hydrogen (secondary N) is 2. The molecule has 5 nitrogen and oxygen atoms in total. The van der Waals surface area contributed by atoms with E-state index in [0.29, 0.717) is 11.7 Å². The van der Waals surface area contributed by atoms with Crippen molar-refractivity contribution in [1.82, 2.24) is 10.2 Å². The van der Waals surface area contributed by atoms with E-state index in [9.17, 15) is 8.42 Å². The Kier molecular flexibility index (Phi) is 4.67. The van der Waals surface area contributed by atoms with Crippen molar-refractivity contribution in [2.45, 2.75) is 44.4 Å². The zero-order chi connectivity index (χ0) is 15.5. The van der Waals surface area contributed by atoms with E-state index in [1.807, 2.05) is 19.1 Å². The molecule has 1 atom stereocenters. The summed E-state index contributed by atoms with van der Waals surface area (Å²) in [6, 6.07) is 8.70. The lowest BCUT2D eigenvalue weighted by atomic mass is 9.99. The van der Waals surface area contributed by atoms with Crippen LogP contribution in [0.3, 0.4) is 0 Å². The number of hydrogen-bond acceptors (Lipinski definition) is 3. The van der Waals surface area contributed by atoms with E-state index in [-0.39, 0.29) is 4.90 Å². The molecule has 2 aromatic rings. The monoisotopic (exact) mass is 307 g/mol. The number of sulfonamides is 1. The van der Waals surface area contributed by atoms with E-state index < -0.39 is 10.0 Å². The minimum Gasteiger partial charge on any atom is -0.280 e. The van der Waals surface area contributed by atoms with Gasteiger partial charge in [0, 0.05) is 11.8 Å². The van der Waals surface area contributed by atoms with E-state index in [1.54, 1.807) is 18.2 Å². The molecule has 2 rings (SSSR count). The quantitative estimate of drug-likeness (QED) is 0.860. The molecule has 0 saturated carbocycles. The smallest absolute Gasteiger partial charge is 0.263 e. The largest absolute Gasteiger partial charge is 0.280 e. The van der Waals surface area contributed by atoms with Crippen LogP contribution in [0.1, 0.15) is 44.4 Å². The summed E-state index contributed by atoms with van der Waals surface area (Å²) in [6.45, 7) is 6.21. The first-order valence-electron chi connectivity index (χ1n) is 7.13. The van der Waals surface area contributed by atoms with Crippen molar-refractivity contribution in [3.8, 4) is 0 Å². The second kappa shape index (κ2) is 6.30. The molecule has 6 heteroatoms. The van der Waals surface area contributed by atoms with Gasteiger partial charge in [-0.25, -0.2) is 8.42 Å². The summed E-state index contributed by atoms with van der Waals surface area (Å²) in [5.74, 6) is 0.742. The average Bonchev–Trinajstić information content (AvgIpc) is 2.93. The second-order valence-corrected chi connectivity index (χ2v) is 6.80. The van der Waals surface area contributed by atoms with E-state index in [2.05, 4.69) is 28.8 Å². The number of aryl methyl sites for hydroxylation is 1. The summed E-state index contributed by atoms with van der Waals surface area (Å²) in [4.78, 5) is 0.246. The van der Waals surface area contributed by atoms with Crippen LogP contribution >= 0.6 is 0 Å². The van der Waals surface area contributed by atoms with Gasteiger partial charge in [-0.1, -0.05) is 32.9 Å². The van der Waals surface area contributed by atoms with Crippen molar-refractivity contribution < 1.29 is 8.42 Å². The van der Waals surface area contributed by atoms with Gasteiger partial charge in [0.25, 0.3) is 10.0 Å². The minimum absolute atomic E-state index is 0.246. The molecule has 0 fully saturated rings. The van der Waals surface area contributed by atoms with Crippen molar-refractivity contribution in [3.63, 3.8) is 0 Å². The van der Waals surface area contributed by atoms with Crippen LogP contribution in [0.15, 0.2) is 35.2 Å². The lowest BCUT2D eigenvalue weighted by Crippen LogP contribution is -2.13. The minimum atomic E-state index is -3.59. The number of anilines is 1. The summed E-state index contributed by atoms with van der Waals surface area (Å²) in [5, 5.41) is 6.73. The summed E-state index contributed by atoms with van der Waals surface area (Å²) in [5.41, 5.74) is 2.03. The fourth-order valence-corrected chi connectivity index (χ4v) is 2.99. The number of aromatic nitrogens is 2. The molecule has 1 unspecified atom stereocenters. The van der Waals surface area contributed by atoms with Gasteiger partial charge in [0.15, 0.2) is 5.82 Å². The molecule has 1 aromatic heterocycles. The third-order valence-electron chi connectivity index (χ3n) is 3.62. The molecule has 0 aliphatic carbocycles. The standard InChI is InChI=1S/C15H21N3O2S/c1-4-11(3)12-6-8-14(9-7-12)21(19,20)18-15-10-13(5-2)16-17-15/h6-11H,4-5H2,1-3H3,(H2,16,17,18). The molecule has 0 radical (unpaired) electrons. The number of hydrogen-bond donors (Lipinski definition) is 2. The second-order valence-electron chi connectivity index (χ2n) is 5.12. The van der Waals surface area contributed by atoms with Crippen LogP contribution in [0.2, 0.25) is 0 Å². The molecular formula is C15H21N3O2S. The van der Waals surface area contributed by atoms with Gasteiger partial charge in [0.05, 0.1) is 4.90 Å². The Morgan fingerprint density at radius 2 is 1.90 bits per heavy atom. The highest BCUT2D eigenvalue weighted by atomic mass is 32.2. The Labute approximate surface area is 125 Å². The Hall–Kier alpha value is -1.82. The van der Waals surface area contributed by atoms with Crippen LogP contribution in [-0.2, 0) is 16.4 Å². The van der Waals surface area contributed by atoms with E-state index >= 15 is 0 Å². The molecule has 21 heavy (non-hydrogen) atoms. The normalized spacial score (nSPS) is 13.1. The Bertz CT molecular complexity index is 690. The summed E-state index contributed by atoms with van der Waals surface area (Å²) < 4.78 is 27.1. The fraction of sp³-hybridized carbons (Fsp3) is 0.400.